The fourth-order valence-electron chi connectivity index (χ4n) is 2.12. The highest BCUT2D eigenvalue weighted by Crippen LogP contribution is 2.27. The lowest BCUT2D eigenvalue weighted by Crippen LogP contribution is -2.50. The van der Waals surface area contributed by atoms with E-state index in [2.05, 4.69) is 10.6 Å². The number of amides is 2. The van der Waals surface area contributed by atoms with Crippen LogP contribution in [0, 0.1) is 5.92 Å². The van der Waals surface area contributed by atoms with Gasteiger partial charge in [-0.1, -0.05) is 0 Å². The maximum atomic E-state index is 11.6. The molecule has 1 heterocycles. The molecule has 1 atom stereocenters. The van der Waals surface area contributed by atoms with Crippen LogP contribution in [0.1, 0.15) is 25.7 Å². The Hall–Kier alpha value is -0.810. The molecule has 5 nitrogen and oxygen atoms in total. The highest BCUT2D eigenvalue weighted by atomic mass is 35.5. The van der Waals surface area contributed by atoms with Crippen LogP contribution in [0.25, 0.3) is 0 Å². The van der Waals surface area contributed by atoms with Crippen LogP contribution in [0.4, 0.5) is 0 Å². The van der Waals surface area contributed by atoms with Crippen LogP contribution >= 0.6 is 12.4 Å². The molecule has 18 heavy (non-hydrogen) atoms. The van der Waals surface area contributed by atoms with Crippen molar-refractivity contribution in [3.63, 3.8) is 0 Å². The average molecular weight is 276 g/mol. The molecule has 1 saturated carbocycles. The fourth-order valence-corrected chi connectivity index (χ4v) is 2.12. The van der Waals surface area contributed by atoms with Crippen molar-refractivity contribution in [1.82, 2.24) is 15.5 Å². The van der Waals surface area contributed by atoms with Crippen molar-refractivity contribution in [2.45, 2.75) is 31.7 Å². The minimum absolute atomic E-state index is 0. The quantitative estimate of drug-likeness (QED) is 0.751. The van der Waals surface area contributed by atoms with Gasteiger partial charge in [0.15, 0.2) is 0 Å². The first-order valence-corrected chi connectivity index (χ1v) is 6.39. The molecule has 104 valence electrons. The highest BCUT2D eigenvalue weighted by molar-refractivity contribution is 5.85. The van der Waals surface area contributed by atoms with E-state index in [9.17, 15) is 9.59 Å². The molecule has 6 heteroatoms. The van der Waals surface area contributed by atoms with Crippen molar-refractivity contribution >= 4 is 24.2 Å². The van der Waals surface area contributed by atoms with Crippen LogP contribution in [-0.2, 0) is 9.59 Å². The lowest BCUT2D eigenvalue weighted by atomic mass is 10.1. The van der Waals surface area contributed by atoms with E-state index in [0.717, 1.165) is 18.9 Å². The second-order valence-corrected chi connectivity index (χ2v) is 5.15. The van der Waals surface area contributed by atoms with Gasteiger partial charge in [-0.05, 0) is 31.7 Å². The summed E-state index contributed by atoms with van der Waals surface area (Å²) < 4.78 is 0. The van der Waals surface area contributed by atoms with Crippen LogP contribution in [0.3, 0.4) is 0 Å². The van der Waals surface area contributed by atoms with Crippen molar-refractivity contribution in [2.75, 3.05) is 26.7 Å². The predicted molar refractivity (Wildman–Crippen MR) is 71.6 cm³/mol. The zero-order valence-corrected chi connectivity index (χ0v) is 11.6. The minimum Gasteiger partial charge on any atom is -0.350 e. The highest BCUT2D eigenvalue weighted by Gasteiger charge is 2.24. The first kappa shape index (κ1) is 15.2. The second-order valence-electron chi connectivity index (χ2n) is 5.15. The molecular weight excluding hydrogens is 254 g/mol. The van der Waals surface area contributed by atoms with Gasteiger partial charge in [0.25, 0.3) is 0 Å². The van der Waals surface area contributed by atoms with E-state index in [4.69, 9.17) is 0 Å². The van der Waals surface area contributed by atoms with Gasteiger partial charge < -0.3 is 15.5 Å². The molecule has 0 radical (unpaired) electrons. The maximum absolute atomic E-state index is 11.6. The van der Waals surface area contributed by atoms with E-state index in [1.807, 2.05) is 0 Å². The van der Waals surface area contributed by atoms with Crippen LogP contribution in [-0.4, -0.2) is 49.4 Å². The Bertz CT molecular complexity index is 308. The summed E-state index contributed by atoms with van der Waals surface area (Å²) in [5.41, 5.74) is 0. The number of hydrogen-bond acceptors (Lipinski definition) is 3. The van der Waals surface area contributed by atoms with Crippen molar-refractivity contribution < 1.29 is 9.59 Å². The molecule has 0 aromatic carbocycles. The molecule has 1 unspecified atom stereocenters. The molecule has 0 bridgehead atoms. The topological polar surface area (TPSA) is 61.4 Å². The summed E-state index contributed by atoms with van der Waals surface area (Å²) in [6.45, 7) is 1.98. The van der Waals surface area contributed by atoms with Crippen LogP contribution < -0.4 is 10.6 Å². The number of carbonyl (C=O) groups excluding carboxylic acids is 2. The van der Waals surface area contributed by atoms with Crippen LogP contribution in [0.5, 0.6) is 0 Å². The second kappa shape index (κ2) is 6.95. The van der Waals surface area contributed by atoms with Gasteiger partial charge in [-0.25, -0.2) is 0 Å². The van der Waals surface area contributed by atoms with E-state index in [1.165, 1.54) is 12.8 Å². The van der Waals surface area contributed by atoms with Gasteiger partial charge in [-0.15, -0.1) is 12.4 Å². The molecule has 1 aliphatic carbocycles. The Labute approximate surface area is 114 Å². The normalized spacial score (nSPS) is 23.5. The number of likely N-dealkylation sites (N-methyl/N-ethyl adjacent to an activating group) is 1. The molecule has 2 rings (SSSR count). The molecule has 2 fully saturated rings. The number of nitrogens with one attached hydrogen (secondary N) is 2. The zero-order valence-electron chi connectivity index (χ0n) is 10.8. The van der Waals surface area contributed by atoms with Gasteiger partial charge in [0.05, 0.1) is 6.54 Å². The fraction of sp³-hybridized carbons (Fsp3) is 0.833. The predicted octanol–water partition coefficient (Wildman–Crippen LogP) is 0.145. The van der Waals surface area contributed by atoms with Crippen molar-refractivity contribution in [3.05, 3.63) is 0 Å². The number of halogens is 1. The Morgan fingerprint density at radius 2 is 2.11 bits per heavy atom. The first-order chi connectivity index (χ1) is 8.15. The summed E-state index contributed by atoms with van der Waals surface area (Å²) in [6.07, 6.45) is 3.89. The Morgan fingerprint density at radius 3 is 2.72 bits per heavy atom. The summed E-state index contributed by atoms with van der Waals surface area (Å²) in [7, 11) is 1.78. The Morgan fingerprint density at radius 1 is 1.39 bits per heavy atom. The van der Waals surface area contributed by atoms with Crippen LogP contribution in [0.15, 0.2) is 0 Å². The lowest BCUT2D eigenvalue weighted by molar-refractivity contribution is -0.133. The molecule has 2 aliphatic rings. The lowest BCUT2D eigenvalue weighted by Gasteiger charge is -2.30. The van der Waals surface area contributed by atoms with Crippen molar-refractivity contribution in [1.29, 1.82) is 0 Å². The molecule has 1 aliphatic heterocycles. The molecule has 0 aromatic rings. The summed E-state index contributed by atoms with van der Waals surface area (Å²) in [5.74, 6) is 1.00. The number of rotatable bonds is 5. The van der Waals surface area contributed by atoms with Gasteiger partial charge in [-0.3, -0.25) is 9.59 Å². The molecule has 0 aromatic heterocycles. The smallest absolute Gasteiger partial charge is 0.234 e. The van der Waals surface area contributed by atoms with Crippen LogP contribution in [0.2, 0.25) is 0 Å². The number of nitrogens with zero attached hydrogens (tertiary/aromatic N) is 1. The Balaban J connectivity index is 0.00000162. The van der Waals surface area contributed by atoms with E-state index >= 15 is 0 Å². The van der Waals surface area contributed by atoms with E-state index in [1.54, 1.807) is 11.9 Å². The number of likely N-dealkylation sites (tertiary alicyclic amines) is 1. The van der Waals surface area contributed by atoms with E-state index in [-0.39, 0.29) is 30.3 Å². The third-order valence-corrected chi connectivity index (χ3v) is 3.41. The largest absolute Gasteiger partial charge is 0.350 e. The molecule has 2 amide bonds. The minimum atomic E-state index is 0. The SMILES string of the molecule is CN1CC(NC(=O)CNCC2CC2)CCC1=O.Cl. The van der Waals surface area contributed by atoms with E-state index in [0.29, 0.717) is 19.5 Å². The van der Waals surface area contributed by atoms with Gasteiger partial charge in [-0.2, -0.15) is 0 Å². The molecular formula is C12H22ClN3O2. The summed E-state index contributed by atoms with van der Waals surface area (Å²) in [6, 6.07) is 0.118. The van der Waals surface area contributed by atoms with Gasteiger partial charge in [0.1, 0.15) is 0 Å². The third-order valence-electron chi connectivity index (χ3n) is 3.41. The van der Waals surface area contributed by atoms with Gasteiger partial charge in [0, 0.05) is 26.1 Å². The van der Waals surface area contributed by atoms with Crippen molar-refractivity contribution in [3.8, 4) is 0 Å². The van der Waals surface area contributed by atoms with Crippen molar-refractivity contribution in [2.24, 2.45) is 5.92 Å². The molecule has 0 spiro atoms. The number of carbonyl (C=O) groups is 2. The third kappa shape index (κ3) is 4.82. The van der Waals surface area contributed by atoms with E-state index < -0.39 is 0 Å². The summed E-state index contributed by atoms with van der Waals surface area (Å²) in [4.78, 5) is 24.6. The van der Waals surface area contributed by atoms with Gasteiger partial charge in [0.2, 0.25) is 11.8 Å². The monoisotopic (exact) mass is 275 g/mol. The summed E-state index contributed by atoms with van der Waals surface area (Å²) >= 11 is 0. The molecule has 2 N–H and O–H groups in total. The maximum Gasteiger partial charge on any atom is 0.234 e. The van der Waals surface area contributed by atoms with Gasteiger partial charge >= 0.3 is 0 Å². The zero-order chi connectivity index (χ0) is 12.3. The first-order valence-electron chi connectivity index (χ1n) is 6.39. The number of piperidine rings is 1. The Kier molecular flexibility index (Phi) is 5.88. The average Bonchev–Trinajstić information content (AvgIpc) is 3.07. The molecule has 1 saturated heterocycles. The number of hydrogen-bond donors (Lipinski definition) is 2. The summed E-state index contributed by atoms with van der Waals surface area (Å²) in [5, 5.41) is 6.13. The standard InChI is InChI=1S/C12H21N3O2.ClH/c1-15-8-10(4-5-12(15)17)14-11(16)7-13-6-9-2-3-9;/h9-10,13H,2-8H2,1H3,(H,14,16);1H.